The quantitative estimate of drug-likeness (QED) is 0.678. The molecule has 102 valence electrons. The molecule has 3 rings (SSSR count). The molecule has 0 spiro atoms. The zero-order valence-electron chi connectivity index (χ0n) is 11.8. The maximum atomic E-state index is 5.79. The van der Waals surface area contributed by atoms with Crippen LogP contribution in [0.4, 0.5) is 0 Å². The number of fused-ring (bicyclic) bond motifs is 1. The van der Waals surface area contributed by atoms with Gasteiger partial charge in [-0.3, -0.25) is 0 Å². The van der Waals surface area contributed by atoms with E-state index in [2.05, 4.69) is 41.0 Å². The van der Waals surface area contributed by atoms with Crippen molar-refractivity contribution in [2.24, 2.45) is 0 Å². The van der Waals surface area contributed by atoms with Gasteiger partial charge in [0.1, 0.15) is 6.61 Å². The molecule has 0 unspecified atom stereocenters. The standard InChI is InChI=1S/C17H18NO2/c1-13-18(10-11-19-2)16-12-15(8-9-17(16)20-13)14-6-4-3-5-7-14/h3-9,12H,10-11H2,1-2H3/q+1. The Bertz CT molecular complexity index is 716. The predicted molar refractivity (Wildman–Crippen MR) is 78.5 cm³/mol. The van der Waals surface area contributed by atoms with Crippen molar-refractivity contribution >= 4 is 11.1 Å². The van der Waals surface area contributed by atoms with Crippen molar-refractivity contribution in [3.63, 3.8) is 0 Å². The number of hydrogen-bond acceptors (Lipinski definition) is 2. The molecule has 1 aromatic heterocycles. The van der Waals surface area contributed by atoms with Crippen molar-refractivity contribution in [2.45, 2.75) is 13.5 Å². The molecule has 0 saturated heterocycles. The lowest BCUT2D eigenvalue weighted by Gasteiger charge is -2.00. The van der Waals surface area contributed by atoms with Gasteiger partial charge < -0.3 is 9.15 Å². The summed E-state index contributed by atoms with van der Waals surface area (Å²) in [4.78, 5) is 0. The second kappa shape index (κ2) is 5.47. The molecule has 0 fully saturated rings. The van der Waals surface area contributed by atoms with E-state index in [1.807, 2.05) is 19.1 Å². The van der Waals surface area contributed by atoms with Gasteiger partial charge in [-0.2, -0.15) is 4.57 Å². The Labute approximate surface area is 118 Å². The molecule has 3 heteroatoms. The van der Waals surface area contributed by atoms with Gasteiger partial charge in [0.15, 0.2) is 6.54 Å². The second-order valence-corrected chi connectivity index (χ2v) is 4.81. The molecule has 0 aliphatic heterocycles. The van der Waals surface area contributed by atoms with E-state index in [1.54, 1.807) is 7.11 Å². The Morgan fingerprint density at radius 1 is 1.05 bits per heavy atom. The van der Waals surface area contributed by atoms with Crippen LogP contribution in [0.2, 0.25) is 0 Å². The number of hydrogen-bond donors (Lipinski definition) is 0. The molecule has 1 heterocycles. The van der Waals surface area contributed by atoms with E-state index < -0.39 is 0 Å². The van der Waals surface area contributed by atoms with Crippen LogP contribution in [0.3, 0.4) is 0 Å². The van der Waals surface area contributed by atoms with Crippen LogP contribution in [0.15, 0.2) is 52.9 Å². The molecular formula is C17H18NO2+. The summed E-state index contributed by atoms with van der Waals surface area (Å²) in [5.41, 5.74) is 4.44. The molecule has 0 aliphatic rings. The molecule has 0 atom stereocenters. The molecule has 20 heavy (non-hydrogen) atoms. The van der Waals surface area contributed by atoms with Crippen molar-refractivity contribution in [3.05, 3.63) is 54.4 Å². The zero-order valence-corrected chi connectivity index (χ0v) is 11.8. The number of aryl methyl sites for hydroxylation is 1. The van der Waals surface area contributed by atoms with Crippen LogP contribution < -0.4 is 4.57 Å². The molecular weight excluding hydrogens is 250 g/mol. The van der Waals surface area contributed by atoms with Crippen molar-refractivity contribution in [1.29, 1.82) is 0 Å². The smallest absolute Gasteiger partial charge is 0.344 e. The second-order valence-electron chi connectivity index (χ2n) is 4.81. The van der Waals surface area contributed by atoms with Gasteiger partial charge in [0, 0.05) is 13.2 Å². The third kappa shape index (κ3) is 2.32. The third-order valence-corrected chi connectivity index (χ3v) is 3.51. The summed E-state index contributed by atoms with van der Waals surface area (Å²) in [6, 6.07) is 16.7. The Kier molecular flexibility index (Phi) is 3.52. The lowest BCUT2D eigenvalue weighted by Crippen LogP contribution is -2.37. The van der Waals surface area contributed by atoms with Crippen LogP contribution in [0, 0.1) is 6.92 Å². The van der Waals surface area contributed by atoms with Crippen molar-refractivity contribution in [1.82, 2.24) is 0 Å². The minimum atomic E-state index is 0.676. The van der Waals surface area contributed by atoms with E-state index in [0.717, 1.165) is 23.5 Å². The van der Waals surface area contributed by atoms with E-state index in [-0.39, 0.29) is 0 Å². The summed E-state index contributed by atoms with van der Waals surface area (Å²) in [5, 5.41) is 0. The first kappa shape index (κ1) is 12.9. The molecule has 3 nitrogen and oxygen atoms in total. The molecule has 0 amide bonds. The Hall–Kier alpha value is -2.13. The van der Waals surface area contributed by atoms with Crippen LogP contribution in [0.1, 0.15) is 5.89 Å². The van der Waals surface area contributed by atoms with Gasteiger partial charge in [-0.1, -0.05) is 36.4 Å². The number of aromatic nitrogens is 1. The lowest BCUT2D eigenvalue weighted by molar-refractivity contribution is -0.684. The molecule has 0 aliphatic carbocycles. The number of rotatable bonds is 4. The normalized spacial score (nSPS) is 11.1. The van der Waals surface area contributed by atoms with E-state index >= 15 is 0 Å². The van der Waals surface area contributed by atoms with Gasteiger partial charge in [0.05, 0.1) is 6.92 Å². The third-order valence-electron chi connectivity index (χ3n) is 3.51. The van der Waals surface area contributed by atoms with Crippen LogP contribution in [0.5, 0.6) is 0 Å². The van der Waals surface area contributed by atoms with Crippen LogP contribution in [-0.4, -0.2) is 13.7 Å². The zero-order chi connectivity index (χ0) is 13.9. The van der Waals surface area contributed by atoms with Gasteiger partial charge in [-0.25, -0.2) is 0 Å². The number of ether oxygens (including phenoxy) is 1. The largest absolute Gasteiger partial charge is 0.402 e. The highest BCUT2D eigenvalue weighted by atomic mass is 16.5. The monoisotopic (exact) mass is 268 g/mol. The van der Waals surface area contributed by atoms with E-state index in [9.17, 15) is 0 Å². The van der Waals surface area contributed by atoms with Gasteiger partial charge in [0.25, 0.3) is 5.52 Å². The Balaban J connectivity index is 2.09. The highest BCUT2D eigenvalue weighted by Gasteiger charge is 2.19. The topological polar surface area (TPSA) is 26.2 Å². The first-order valence-corrected chi connectivity index (χ1v) is 6.77. The van der Waals surface area contributed by atoms with Crippen LogP contribution in [0.25, 0.3) is 22.2 Å². The Morgan fingerprint density at radius 3 is 2.60 bits per heavy atom. The molecule has 0 bridgehead atoms. The summed E-state index contributed by atoms with van der Waals surface area (Å²) in [6.45, 7) is 3.46. The number of oxazole rings is 1. The van der Waals surface area contributed by atoms with Crippen LogP contribution in [-0.2, 0) is 11.3 Å². The van der Waals surface area contributed by atoms with E-state index in [0.29, 0.717) is 6.61 Å². The fourth-order valence-corrected chi connectivity index (χ4v) is 2.47. The van der Waals surface area contributed by atoms with Crippen molar-refractivity contribution in [3.8, 4) is 11.1 Å². The molecule has 0 N–H and O–H groups in total. The highest BCUT2D eigenvalue weighted by molar-refractivity contribution is 5.78. The predicted octanol–water partition coefficient (Wildman–Crippen LogP) is 3.34. The SMILES string of the molecule is COCC[n+]1c(C)oc2ccc(-c3ccccc3)cc21. The number of nitrogens with zero attached hydrogens (tertiary/aromatic N) is 1. The van der Waals surface area contributed by atoms with Crippen molar-refractivity contribution in [2.75, 3.05) is 13.7 Å². The summed E-state index contributed by atoms with van der Waals surface area (Å²) in [6.07, 6.45) is 0. The molecule has 3 aromatic rings. The Morgan fingerprint density at radius 2 is 1.85 bits per heavy atom. The average Bonchev–Trinajstić information content (AvgIpc) is 2.80. The van der Waals surface area contributed by atoms with Gasteiger partial charge in [0.2, 0.25) is 5.58 Å². The number of methoxy groups -OCH3 is 1. The molecule has 2 aromatic carbocycles. The first-order valence-electron chi connectivity index (χ1n) is 6.77. The van der Waals surface area contributed by atoms with E-state index in [4.69, 9.17) is 9.15 Å². The average molecular weight is 268 g/mol. The first-order chi connectivity index (χ1) is 9.79. The van der Waals surface area contributed by atoms with Gasteiger partial charge >= 0.3 is 5.89 Å². The van der Waals surface area contributed by atoms with Crippen molar-refractivity contribution < 1.29 is 13.7 Å². The fourth-order valence-electron chi connectivity index (χ4n) is 2.47. The maximum absolute atomic E-state index is 5.79. The van der Waals surface area contributed by atoms with E-state index in [1.165, 1.54) is 11.1 Å². The fraction of sp³-hybridized carbons (Fsp3) is 0.235. The molecule has 0 saturated carbocycles. The summed E-state index contributed by atoms with van der Waals surface area (Å²) in [7, 11) is 1.72. The van der Waals surface area contributed by atoms with Gasteiger partial charge in [-0.15, -0.1) is 0 Å². The summed E-state index contributed by atoms with van der Waals surface area (Å²) >= 11 is 0. The lowest BCUT2D eigenvalue weighted by atomic mass is 10.1. The maximum Gasteiger partial charge on any atom is 0.344 e. The molecule has 0 radical (unpaired) electrons. The van der Waals surface area contributed by atoms with Gasteiger partial charge in [-0.05, 0) is 17.2 Å². The summed E-state index contributed by atoms with van der Waals surface area (Å²) < 4.78 is 13.1. The van der Waals surface area contributed by atoms with Crippen LogP contribution >= 0.6 is 0 Å². The minimum Gasteiger partial charge on any atom is -0.402 e. The highest BCUT2D eigenvalue weighted by Crippen LogP contribution is 2.23. The summed E-state index contributed by atoms with van der Waals surface area (Å²) in [5.74, 6) is 0.905. The number of benzene rings is 2. The minimum absolute atomic E-state index is 0.676.